The zero-order valence-corrected chi connectivity index (χ0v) is 18.8. The fourth-order valence-corrected chi connectivity index (χ4v) is 3.39. The van der Waals surface area contributed by atoms with Crippen LogP contribution in [0, 0.1) is 10.1 Å². The Morgan fingerprint density at radius 2 is 1.74 bits per heavy atom. The van der Waals surface area contributed by atoms with Crippen LogP contribution in [0.15, 0.2) is 85.1 Å². The Kier molecular flexibility index (Phi) is 7.08. The summed E-state index contributed by atoms with van der Waals surface area (Å²) >= 11 is 5.83. The monoisotopic (exact) mass is 488 g/mol. The summed E-state index contributed by atoms with van der Waals surface area (Å²) in [5.41, 5.74) is 2.01. The molecule has 0 radical (unpaired) electrons. The Morgan fingerprint density at radius 3 is 2.49 bits per heavy atom. The molecule has 4 rings (SSSR count). The molecular weight excluding hydrogens is 472 g/mol. The maximum Gasteiger partial charge on any atom is 0.331 e. The van der Waals surface area contributed by atoms with Crippen molar-refractivity contribution >= 4 is 52.0 Å². The zero-order valence-electron chi connectivity index (χ0n) is 18.0. The molecule has 1 atom stereocenters. The molecule has 1 aromatic heterocycles. The molecule has 174 valence electrons. The molecule has 1 amide bonds. The average molecular weight is 489 g/mol. The minimum atomic E-state index is -1.31. The van der Waals surface area contributed by atoms with Gasteiger partial charge in [0.2, 0.25) is 6.10 Å². The number of amides is 1. The van der Waals surface area contributed by atoms with Gasteiger partial charge in [-0.15, -0.1) is 0 Å². The molecule has 0 aliphatic carbocycles. The van der Waals surface area contributed by atoms with Crippen molar-refractivity contribution < 1.29 is 19.2 Å². The number of nitro benzene ring substituents is 1. The summed E-state index contributed by atoms with van der Waals surface area (Å²) in [4.78, 5) is 44.7. The third-order valence-electron chi connectivity index (χ3n) is 4.84. The molecule has 35 heavy (non-hydrogen) atoms. The van der Waals surface area contributed by atoms with Crippen LogP contribution in [-0.2, 0) is 14.3 Å². The number of nitro groups is 1. The molecule has 4 aromatic rings. The van der Waals surface area contributed by atoms with E-state index in [4.69, 9.17) is 16.3 Å². The van der Waals surface area contributed by atoms with Crippen LogP contribution >= 0.6 is 11.6 Å². The largest absolute Gasteiger partial charge is 0.444 e. The van der Waals surface area contributed by atoms with E-state index >= 15 is 0 Å². The summed E-state index contributed by atoms with van der Waals surface area (Å²) in [6.07, 6.45) is 2.78. The second-order valence-electron chi connectivity index (χ2n) is 7.26. The van der Waals surface area contributed by atoms with Crippen molar-refractivity contribution in [3.63, 3.8) is 0 Å². The van der Waals surface area contributed by atoms with Gasteiger partial charge in [0, 0.05) is 23.4 Å². The van der Waals surface area contributed by atoms with Crippen molar-refractivity contribution in [1.29, 1.82) is 0 Å². The van der Waals surface area contributed by atoms with Gasteiger partial charge in [-0.05, 0) is 30.3 Å². The van der Waals surface area contributed by atoms with Gasteiger partial charge in [-0.2, -0.15) is 0 Å². The van der Waals surface area contributed by atoms with Gasteiger partial charge in [0.25, 0.3) is 11.6 Å². The van der Waals surface area contributed by atoms with E-state index in [-0.39, 0.29) is 16.4 Å². The number of carbonyl (C=O) groups excluding carboxylic acids is 2. The number of carbonyl (C=O) groups is 2. The Bertz CT molecular complexity index is 1440. The van der Waals surface area contributed by atoms with Gasteiger partial charge in [-0.1, -0.05) is 54.1 Å². The van der Waals surface area contributed by atoms with Crippen LogP contribution in [0.25, 0.3) is 17.1 Å². The average Bonchev–Trinajstić information content (AvgIpc) is 2.87. The third kappa shape index (κ3) is 5.84. The highest BCUT2D eigenvalue weighted by atomic mass is 35.5. The number of benzene rings is 3. The molecule has 0 saturated heterocycles. The maximum atomic E-state index is 13.0. The van der Waals surface area contributed by atoms with Gasteiger partial charge in [0.15, 0.2) is 0 Å². The quantitative estimate of drug-likeness (QED) is 0.165. The Balaban J connectivity index is 1.53. The first-order valence-corrected chi connectivity index (χ1v) is 10.7. The number of fused-ring (bicyclic) bond motifs is 1. The van der Waals surface area contributed by atoms with Gasteiger partial charge in [0.1, 0.15) is 5.02 Å². The van der Waals surface area contributed by atoms with Gasteiger partial charge < -0.3 is 10.1 Å². The van der Waals surface area contributed by atoms with Crippen molar-refractivity contribution in [3.8, 4) is 0 Å². The summed E-state index contributed by atoms with van der Waals surface area (Å²) in [7, 11) is 0. The molecule has 1 heterocycles. The van der Waals surface area contributed by atoms with Crippen molar-refractivity contribution in [2.75, 3.05) is 5.32 Å². The van der Waals surface area contributed by atoms with E-state index in [1.807, 2.05) is 18.2 Å². The lowest BCUT2D eigenvalue weighted by molar-refractivity contribution is -0.384. The maximum absolute atomic E-state index is 13.0. The SMILES string of the molecule is O=C(/C=C/c1cnc2ccccc2n1)OC(C(=O)Nc1ccc(Cl)c([N+](=O)[O-])c1)c1ccccc1. The van der Waals surface area contributed by atoms with Crippen LogP contribution in [0.4, 0.5) is 11.4 Å². The van der Waals surface area contributed by atoms with Gasteiger partial charge in [-0.25, -0.2) is 9.78 Å². The Morgan fingerprint density at radius 1 is 1.03 bits per heavy atom. The normalized spacial score (nSPS) is 11.8. The fourth-order valence-electron chi connectivity index (χ4n) is 3.20. The number of hydrogen-bond donors (Lipinski definition) is 1. The van der Waals surface area contributed by atoms with E-state index in [9.17, 15) is 19.7 Å². The minimum absolute atomic E-state index is 0.0686. The standard InChI is InChI=1S/C25H17ClN4O5/c26-19-12-10-17(14-22(19)30(33)34)29-25(32)24(16-6-2-1-3-7-16)35-23(31)13-11-18-15-27-20-8-4-5-9-21(20)28-18/h1-15,24H,(H,29,32)/b13-11+. The molecule has 1 unspecified atom stereocenters. The zero-order chi connectivity index (χ0) is 24.8. The smallest absolute Gasteiger partial charge is 0.331 e. The number of anilines is 1. The van der Waals surface area contributed by atoms with Crippen LogP contribution in [0.1, 0.15) is 17.4 Å². The molecule has 0 bridgehead atoms. The molecule has 0 fully saturated rings. The number of aromatic nitrogens is 2. The first-order chi connectivity index (χ1) is 16.9. The van der Waals surface area contributed by atoms with E-state index in [0.29, 0.717) is 16.8 Å². The third-order valence-corrected chi connectivity index (χ3v) is 5.16. The minimum Gasteiger partial charge on any atom is -0.444 e. The summed E-state index contributed by atoms with van der Waals surface area (Å²) in [6, 6.07) is 19.5. The lowest BCUT2D eigenvalue weighted by Crippen LogP contribution is -2.25. The summed E-state index contributed by atoms with van der Waals surface area (Å²) in [5, 5.41) is 13.6. The number of nitrogens with one attached hydrogen (secondary N) is 1. The lowest BCUT2D eigenvalue weighted by Gasteiger charge is -2.17. The van der Waals surface area contributed by atoms with Gasteiger partial charge in [-0.3, -0.25) is 19.9 Å². The van der Waals surface area contributed by atoms with Crippen LogP contribution in [0.2, 0.25) is 5.02 Å². The Labute approximate surface area is 204 Å². The van der Waals surface area contributed by atoms with E-state index in [1.54, 1.807) is 36.4 Å². The molecular formula is C25H17ClN4O5. The highest BCUT2D eigenvalue weighted by molar-refractivity contribution is 6.32. The van der Waals surface area contributed by atoms with E-state index < -0.39 is 22.9 Å². The first-order valence-electron chi connectivity index (χ1n) is 10.3. The summed E-state index contributed by atoms with van der Waals surface area (Å²) < 4.78 is 5.44. The molecule has 1 N–H and O–H groups in total. The number of esters is 1. The number of para-hydroxylation sites is 2. The summed E-state index contributed by atoms with van der Waals surface area (Å²) in [6.45, 7) is 0. The predicted molar refractivity (Wildman–Crippen MR) is 131 cm³/mol. The highest BCUT2D eigenvalue weighted by Crippen LogP contribution is 2.28. The number of nitrogens with zero attached hydrogens (tertiary/aromatic N) is 3. The fraction of sp³-hybridized carbons (Fsp3) is 0.0400. The topological polar surface area (TPSA) is 124 Å². The van der Waals surface area contributed by atoms with Crippen LogP contribution < -0.4 is 5.32 Å². The van der Waals surface area contributed by atoms with E-state index in [1.165, 1.54) is 24.4 Å². The predicted octanol–water partition coefficient (Wildman–Crippen LogP) is 5.13. The van der Waals surface area contributed by atoms with E-state index in [0.717, 1.165) is 17.7 Å². The van der Waals surface area contributed by atoms with Crippen molar-refractivity contribution in [2.24, 2.45) is 0 Å². The molecule has 0 spiro atoms. The lowest BCUT2D eigenvalue weighted by atomic mass is 10.1. The van der Waals surface area contributed by atoms with Gasteiger partial charge in [0.05, 0.1) is 27.8 Å². The van der Waals surface area contributed by atoms with Crippen LogP contribution in [0.5, 0.6) is 0 Å². The van der Waals surface area contributed by atoms with Gasteiger partial charge >= 0.3 is 5.97 Å². The molecule has 10 heteroatoms. The van der Waals surface area contributed by atoms with E-state index in [2.05, 4.69) is 15.3 Å². The number of rotatable bonds is 7. The van der Waals surface area contributed by atoms with Crippen molar-refractivity contribution in [1.82, 2.24) is 9.97 Å². The van der Waals surface area contributed by atoms with Crippen molar-refractivity contribution in [3.05, 3.63) is 111 Å². The molecule has 0 aliphatic heterocycles. The number of halogens is 1. The first kappa shape index (κ1) is 23.5. The summed E-state index contributed by atoms with van der Waals surface area (Å²) in [5.74, 6) is -1.48. The molecule has 0 aliphatic rings. The van der Waals surface area contributed by atoms with Crippen LogP contribution in [0.3, 0.4) is 0 Å². The number of hydrogen-bond acceptors (Lipinski definition) is 7. The second-order valence-corrected chi connectivity index (χ2v) is 7.66. The molecule has 3 aromatic carbocycles. The second kappa shape index (κ2) is 10.5. The number of ether oxygens (including phenoxy) is 1. The highest BCUT2D eigenvalue weighted by Gasteiger charge is 2.25. The molecule has 9 nitrogen and oxygen atoms in total. The Hall–Kier alpha value is -4.63. The van der Waals surface area contributed by atoms with Crippen molar-refractivity contribution in [2.45, 2.75) is 6.10 Å². The van der Waals surface area contributed by atoms with Crippen LogP contribution in [-0.4, -0.2) is 26.8 Å². The molecule has 0 saturated carbocycles.